The largest absolute Gasteiger partial charge is 0.547 e. The van der Waals surface area contributed by atoms with E-state index in [0.717, 1.165) is 25.7 Å². The standard InChI is InChI=1S/C14H26O7/c1-2-3-4-5-6-7-8-20-14-11(17)9(15)10(16)12(21-14)13(18)19/h9-12,14-17H,2-8H2,1H3,(H,18,19)/p-1/t9-,10-,11+,12?,14-/m0/s1. The fourth-order valence-electron chi connectivity index (χ4n) is 2.26. The average molecular weight is 305 g/mol. The Morgan fingerprint density at radius 2 is 1.67 bits per heavy atom. The molecule has 5 atom stereocenters. The second-order valence-corrected chi connectivity index (χ2v) is 5.35. The van der Waals surface area contributed by atoms with Crippen molar-refractivity contribution >= 4 is 5.97 Å². The van der Waals surface area contributed by atoms with Gasteiger partial charge in [0.05, 0.1) is 5.97 Å². The van der Waals surface area contributed by atoms with E-state index in [2.05, 4.69) is 6.92 Å². The zero-order valence-corrected chi connectivity index (χ0v) is 12.3. The van der Waals surface area contributed by atoms with E-state index in [9.17, 15) is 25.2 Å². The van der Waals surface area contributed by atoms with E-state index in [4.69, 9.17) is 9.47 Å². The van der Waals surface area contributed by atoms with Crippen molar-refractivity contribution in [3.05, 3.63) is 0 Å². The molecule has 0 aliphatic carbocycles. The fraction of sp³-hybridized carbons (Fsp3) is 0.929. The van der Waals surface area contributed by atoms with Crippen molar-refractivity contribution in [3.63, 3.8) is 0 Å². The molecule has 0 aromatic carbocycles. The molecule has 1 aliphatic heterocycles. The average Bonchev–Trinajstić information content (AvgIpc) is 2.45. The first-order chi connectivity index (χ1) is 9.99. The summed E-state index contributed by atoms with van der Waals surface area (Å²) in [6, 6.07) is 0. The monoisotopic (exact) mass is 305 g/mol. The van der Waals surface area contributed by atoms with E-state index in [1.807, 2.05) is 0 Å². The lowest BCUT2D eigenvalue weighted by Gasteiger charge is -2.40. The summed E-state index contributed by atoms with van der Waals surface area (Å²) in [6.07, 6.45) is -1.51. The molecule has 1 saturated heterocycles. The predicted octanol–water partition coefficient (Wildman–Crippen LogP) is -1.08. The molecule has 1 unspecified atom stereocenters. The maximum Gasteiger partial charge on any atom is 0.186 e. The summed E-state index contributed by atoms with van der Waals surface area (Å²) in [5.41, 5.74) is 0. The number of aliphatic hydroxyl groups excluding tert-OH is 3. The van der Waals surface area contributed by atoms with Gasteiger partial charge in [-0.2, -0.15) is 0 Å². The van der Waals surface area contributed by atoms with Gasteiger partial charge in [-0.05, 0) is 6.42 Å². The molecule has 0 aromatic rings. The third-order valence-electron chi connectivity index (χ3n) is 3.58. The molecular weight excluding hydrogens is 280 g/mol. The summed E-state index contributed by atoms with van der Waals surface area (Å²) < 4.78 is 10.2. The number of carboxylic acid groups (broad SMARTS) is 1. The Balaban J connectivity index is 2.31. The highest BCUT2D eigenvalue weighted by Crippen LogP contribution is 2.22. The molecule has 124 valence electrons. The highest BCUT2D eigenvalue weighted by Gasteiger charge is 2.44. The molecule has 0 bridgehead atoms. The number of aliphatic carboxylic acids is 1. The van der Waals surface area contributed by atoms with Gasteiger partial charge in [-0.25, -0.2) is 0 Å². The minimum absolute atomic E-state index is 0.288. The quantitative estimate of drug-likeness (QED) is 0.464. The molecule has 0 amide bonds. The van der Waals surface area contributed by atoms with E-state index >= 15 is 0 Å². The van der Waals surface area contributed by atoms with Crippen LogP contribution < -0.4 is 5.11 Å². The number of carboxylic acids is 1. The van der Waals surface area contributed by atoms with Crippen LogP contribution in [0.5, 0.6) is 0 Å². The van der Waals surface area contributed by atoms with Crippen LogP contribution in [-0.2, 0) is 14.3 Å². The molecule has 0 spiro atoms. The number of hydrogen-bond acceptors (Lipinski definition) is 7. The topological polar surface area (TPSA) is 119 Å². The number of rotatable bonds is 9. The Hall–Kier alpha value is -0.730. The van der Waals surface area contributed by atoms with Crippen LogP contribution in [0.4, 0.5) is 0 Å². The van der Waals surface area contributed by atoms with Gasteiger partial charge in [-0.15, -0.1) is 0 Å². The zero-order chi connectivity index (χ0) is 15.8. The molecule has 1 heterocycles. The highest BCUT2D eigenvalue weighted by atomic mass is 16.7. The lowest BCUT2D eigenvalue weighted by molar-refractivity contribution is -0.349. The number of unbranched alkanes of at least 4 members (excludes halogenated alkanes) is 5. The second-order valence-electron chi connectivity index (χ2n) is 5.35. The second kappa shape index (κ2) is 9.32. The summed E-state index contributed by atoms with van der Waals surface area (Å²) in [5.74, 6) is -1.65. The minimum atomic E-state index is -1.74. The van der Waals surface area contributed by atoms with E-state index < -0.39 is 36.7 Å². The Morgan fingerprint density at radius 1 is 1.05 bits per heavy atom. The normalized spacial score (nSPS) is 33.0. The van der Waals surface area contributed by atoms with Crippen molar-refractivity contribution in [1.29, 1.82) is 0 Å². The first-order valence-corrected chi connectivity index (χ1v) is 7.51. The van der Waals surface area contributed by atoms with Crippen LogP contribution in [0.2, 0.25) is 0 Å². The predicted molar refractivity (Wildman–Crippen MR) is 71.0 cm³/mol. The Labute approximate surface area is 124 Å². The summed E-state index contributed by atoms with van der Waals surface area (Å²) in [5, 5.41) is 39.6. The lowest BCUT2D eigenvalue weighted by atomic mass is 9.99. The van der Waals surface area contributed by atoms with Gasteiger partial charge in [-0.3, -0.25) is 0 Å². The van der Waals surface area contributed by atoms with Gasteiger partial charge in [0.2, 0.25) is 0 Å². The van der Waals surface area contributed by atoms with Gasteiger partial charge >= 0.3 is 0 Å². The number of carbonyl (C=O) groups is 1. The summed E-state index contributed by atoms with van der Waals surface area (Å²) in [7, 11) is 0. The molecule has 21 heavy (non-hydrogen) atoms. The van der Waals surface area contributed by atoms with Crippen LogP contribution in [0.1, 0.15) is 45.4 Å². The maximum atomic E-state index is 10.8. The Bertz CT molecular complexity index is 310. The molecule has 0 aromatic heterocycles. The molecule has 3 N–H and O–H groups in total. The third kappa shape index (κ3) is 5.52. The van der Waals surface area contributed by atoms with Crippen molar-refractivity contribution in [2.75, 3.05) is 6.61 Å². The molecule has 1 aliphatic rings. The van der Waals surface area contributed by atoms with E-state index in [1.165, 1.54) is 12.8 Å². The first-order valence-electron chi connectivity index (χ1n) is 7.51. The summed E-state index contributed by atoms with van der Waals surface area (Å²) in [6.45, 7) is 2.43. The van der Waals surface area contributed by atoms with Crippen molar-refractivity contribution in [3.8, 4) is 0 Å². The van der Waals surface area contributed by atoms with E-state index in [0.29, 0.717) is 0 Å². The van der Waals surface area contributed by atoms with Crippen LogP contribution in [0.15, 0.2) is 0 Å². The maximum absolute atomic E-state index is 10.8. The van der Waals surface area contributed by atoms with Crippen molar-refractivity contribution in [2.45, 2.75) is 76.2 Å². The highest BCUT2D eigenvalue weighted by molar-refractivity contribution is 5.71. The van der Waals surface area contributed by atoms with Crippen LogP contribution in [0.25, 0.3) is 0 Å². The van der Waals surface area contributed by atoms with Crippen LogP contribution in [0, 0.1) is 0 Å². The molecule has 0 radical (unpaired) electrons. The van der Waals surface area contributed by atoms with Crippen molar-refractivity contribution in [1.82, 2.24) is 0 Å². The number of hydrogen-bond donors (Lipinski definition) is 3. The van der Waals surface area contributed by atoms with Gasteiger partial charge in [-0.1, -0.05) is 39.0 Å². The Morgan fingerprint density at radius 3 is 2.29 bits per heavy atom. The van der Waals surface area contributed by atoms with Gasteiger partial charge in [0.25, 0.3) is 0 Å². The summed E-state index contributed by atoms with van der Waals surface area (Å²) >= 11 is 0. The minimum Gasteiger partial charge on any atom is -0.547 e. The van der Waals surface area contributed by atoms with E-state index in [-0.39, 0.29) is 6.61 Å². The van der Waals surface area contributed by atoms with Crippen molar-refractivity contribution in [2.24, 2.45) is 0 Å². The molecule has 7 nitrogen and oxygen atoms in total. The molecule has 0 saturated carbocycles. The van der Waals surface area contributed by atoms with Gasteiger partial charge in [0, 0.05) is 6.61 Å². The van der Waals surface area contributed by atoms with Crippen LogP contribution in [-0.4, -0.2) is 58.6 Å². The van der Waals surface area contributed by atoms with E-state index in [1.54, 1.807) is 0 Å². The molecule has 1 fully saturated rings. The van der Waals surface area contributed by atoms with Crippen LogP contribution in [0.3, 0.4) is 0 Å². The number of aliphatic hydroxyl groups is 3. The zero-order valence-electron chi connectivity index (χ0n) is 12.3. The first kappa shape index (κ1) is 18.3. The smallest absolute Gasteiger partial charge is 0.186 e. The van der Waals surface area contributed by atoms with Gasteiger partial charge < -0.3 is 34.7 Å². The third-order valence-corrected chi connectivity index (χ3v) is 3.58. The van der Waals surface area contributed by atoms with Gasteiger partial charge in [0.1, 0.15) is 24.4 Å². The molecule has 7 heteroatoms. The summed E-state index contributed by atoms with van der Waals surface area (Å²) in [4.78, 5) is 10.8. The fourth-order valence-corrected chi connectivity index (χ4v) is 2.26. The van der Waals surface area contributed by atoms with Crippen LogP contribution >= 0.6 is 0 Å². The van der Waals surface area contributed by atoms with Crippen molar-refractivity contribution < 1.29 is 34.7 Å². The Kier molecular flexibility index (Phi) is 8.13. The SMILES string of the molecule is CCCCCCCCO[C@H]1OC(C(=O)[O-])[C@@H](O)[C@H](O)[C@H]1O. The van der Waals surface area contributed by atoms with Gasteiger partial charge in [0.15, 0.2) is 6.29 Å². The lowest BCUT2D eigenvalue weighted by Crippen LogP contribution is -2.62. The number of ether oxygens (including phenoxy) is 2. The molecule has 1 rings (SSSR count). The molecular formula is C14H25O7-. The number of carbonyl (C=O) groups excluding carboxylic acids is 1.